The zero-order valence-corrected chi connectivity index (χ0v) is 18.7. The maximum Gasteiger partial charge on any atom is 0.244 e. The number of methoxy groups -OCH3 is 1. The van der Waals surface area contributed by atoms with E-state index in [9.17, 15) is 4.79 Å². The number of rotatable bonds is 10. The molecule has 0 spiro atoms. The SMILES string of the molecule is COc1ccc(C(=CC=CC(=O)N[C@H](C)CCCc2cccnc2)c2ccccc2)cc1. The van der Waals surface area contributed by atoms with Gasteiger partial charge in [0.25, 0.3) is 0 Å². The zero-order chi connectivity index (χ0) is 22.6. The molecule has 2 aromatic carbocycles. The molecule has 1 heterocycles. The van der Waals surface area contributed by atoms with Gasteiger partial charge in [0.15, 0.2) is 0 Å². The van der Waals surface area contributed by atoms with Crippen molar-refractivity contribution in [1.82, 2.24) is 10.3 Å². The fourth-order valence-corrected chi connectivity index (χ4v) is 3.50. The summed E-state index contributed by atoms with van der Waals surface area (Å²) in [7, 11) is 1.66. The number of aromatic nitrogens is 1. The zero-order valence-electron chi connectivity index (χ0n) is 18.7. The lowest BCUT2D eigenvalue weighted by atomic mass is 9.97. The van der Waals surface area contributed by atoms with Gasteiger partial charge >= 0.3 is 0 Å². The highest BCUT2D eigenvalue weighted by molar-refractivity contribution is 5.89. The molecule has 0 radical (unpaired) electrons. The Bertz CT molecular complexity index is 1030. The van der Waals surface area contributed by atoms with Crippen molar-refractivity contribution in [2.24, 2.45) is 0 Å². The first-order chi connectivity index (χ1) is 15.7. The molecule has 164 valence electrons. The van der Waals surface area contributed by atoms with E-state index in [1.165, 1.54) is 5.56 Å². The molecule has 32 heavy (non-hydrogen) atoms. The average Bonchev–Trinajstić information content (AvgIpc) is 2.83. The summed E-state index contributed by atoms with van der Waals surface area (Å²) in [4.78, 5) is 16.5. The van der Waals surface area contributed by atoms with Crippen LogP contribution in [-0.4, -0.2) is 24.0 Å². The van der Waals surface area contributed by atoms with Crippen LogP contribution < -0.4 is 10.1 Å². The topological polar surface area (TPSA) is 51.2 Å². The summed E-state index contributed by atoms with van der Waals surface area (Å²) in [5, 5.41) is 3.05. The van der Waals surface area contributed by atoms with Crippen molar-refractivity contribution in [3.8, 4) is 5.75 Å². The Morgan fingerprint density at radius 3 is 2.47 bits per heavy atom. The van der Waals surface area contributed by atoms with Gasteiger partial charge in [0.1, 0.15) is 5.75 Å². The normalized spacial score (nSPS) is 12.5. The molecule has 1 aromatic heterocycles. The highest BCUT2D eigenvalue weighted by Gasteiger charge is 2.06. The van der Waals surface area contributed by atoms with E-state index in [0.717, 1.165) is 41.7 Å². The summed E-state index contributed by atoms with van der Waals surface area (Å²) in [6.45, 7) is 2.04. The van der Waals surface area contributed by atoms with Crippen LogP contribution in [-0.2, 0) is 11.2 Å². The summed E-state index contributed by atoms with van der Waals surface area (Å²) < 4.78 is 5.27. The smallest absolute Gasteiger partial charge is 0.244 e. The Morgan fingerprint density at radius 1 is 1.03 bits per heavy atom. The fraction of sp³-hybridized carbons (Fsp3) is 0.214. The van der Waals surface area contributed by atoms with E-state index in [0.29, 0.717) is 0 Å². The minimum Gasteiger partial charge on any atom is -0.497 e. The Hall–Kier alpha value is -3.66. The van der Waals surface area contributed by atoms with Crippen molar-refractivity contribution in [1.29, 1.82) is 0 Å². The van der Waals surface area contributed by atoms with Crippen molar-refractivity contribution in [3.05, 3.63) is 114 Å². The van der Waals surface area contributed by atoms with Crippen LogP contribution in [0.2, 0.25) is 0 Å². The third-order valence-electron chi connectivity index (χ3n) is 5.21. The van der Waals surface area contributed by atoms with E-state index in [1.807, 2.05) is 73.8 Å². The lowest BCUT2D eigenvalue weighted by molar-refractivity contribution is -0.117. The average molecular weight is 427 g/mol. The summed E-state index contributed by atoms with van der Waals surface area (Å²) >= 11 is 0. The lowest BCUT2D eigenvalue weighted by Crippen LogP contribution is -2.31. The Morgan fingerprint density at radius 2 is 1.78 bits per heavy atom. The van der Waals surface area contributed by atoms with Crippen LogP contribution in [0.25, 0.3) is 5.57 Å². The molecular formula is C28H30N2O2. The number of carbonyl (C=O) groups excluding carboxylic acids is 1. The highest BCUT2D eigenvalue weighted by Crippen LogP contribution is 2.25. The predicted molar refractivity (Wildman–Crippen MR) is 130 cm³/mol. The minimum absolute atomic E-state index is 0.0859. The molecule has 0 saturated heterocycles. The number of pyridine rings is 1. The van der Waals surface area contributed by atoms with Gasteiger partial charge in [-0.1, -0.05) is 60.7 Å². The number of nitrogens with zero attached hydrogens (tertiary/aromatic N) is 1. The minimum atomic E-state index is -0.0859. The van der Waals surface area contributed by atoms with Crippen LogP contribution in [0.1, 0.15) is 36.5 Å². The van der Waals surface area contributed by atoms with Gasteiger partial charge in [0.2, 0.25) is 5.91 Å². The van der Waals surface area contributed by atoms with E-state index in [2.05, 4.69) is 28.5 Å². The number of nitrogens with one attached hydrogen (secondary N) is 1. The number of aryl methyl sites for hydroxylation is 1. The number of hydrogen-bond acceptors (Lipinski definition) is 3. The molecule has 4 heteroatoms. The van der Waals surface area contributed by atoms with E-state index in [-0.39, 0.29) is 11.9 Å². The first-order valence-corrected chi connectivity index (χ1v) is 10.9. The van der Waals surface area contributed by atoms with Crippen molar-refractivity contribution >= 4 is 11.5 Å². The van der Waals surface area contributed by atoms with Gasteiger partial charge in [-0.05, 0) is 66.6 Å². The Balaban J connectivity index is 1.59. The van der Waals surface area contributed by atoms with Crippen LogP contribution in [0.15, 0.2) is 97.4 Å². The predicted octanol–water partition coefficient (Wildman–Crippen LogP) is 5.61. The summed E-state index contributed by atoms with van der Waals surface area (Å²) in [5.74, 6) is 0.728. The van der Waals surface area contributed by atoms with Gasteiger partial charge in [0.05, 0.1) is 7.11 Å². The molecule has 3 rings (SSSR count). The first kappa shape index (κ1) is 23.0. The fourth-order valence-electron chi connectivity index (χ4n) is 3.50. The first-order valence-electron chi connectivity index (χ1n) is 10.9. The van der Waals surface area contributed by atoms with Crippen LogP contribution >= 0.6 is 0 Å². The number of allylic oxidation sites excluding steroid dienone is 2. The largest absolute Gasteiger partial charge is 0.497 e. The van der Waals surface area contributed by atoms with Crippen molar-refractivity contribution in [2.75, 3.05) is 7.11 Å². The molecule has 1 atom stereocenters. The van der Waals surface area contributed by atoms with E-state index >= 15 is 0 Å². The van der Waals surface area contributed by atoms with Crippen LogP contribution in [0.5, 0.6) is 5.75 Å². The molecule has 0 fully saturated rings. The number of carbonyl (C=O) groups is 1. The maximum atomic E-state index is 12.4. The lowest BCUT2D eigenvalue weighted by Gasteiger charge is -2.12. The van der Waals surface area contributed by atoms with Crippen LogP contribution in [0.4, 0.5) is 0 Å². The third-order valence-corrected chi connectivity index (χ3v) is 5.21. The van der Waals surface area contributed by atoms with E-state index in [1.54, 1.807) is 19.4 Å². The van der Waals surface area contributed by atoms with Gasteiger partial charge in [-0.15, -0.1) is 0 Å². The third kappa shape index (κ3) is 7.24. The molecule has 0 aliphatic carbocycles. The second kappa shape index (κ2) is 12.3. The molecule has 1 N–H and O–H groups in total. The molecule has 4 nitrogen and oxygen atoms in total. The molecule has 0 aliphatic heterocycles. The summed E-state index contributed by atoms with van der Waals surface area (Å²) in [6, 6.07) is 22.2. The van der Waals surface area contributed by atoms with Crippen LogP contribution in [0, 0.1) is 0 Å². The van der Waals surface area contributed by atoms with Gasteiger partial charge in [-0.3, -0.25) is 9.78 Å². The highest BCUT2D eigenvalue weighted by atomic mass is 16.5. The van der Waals surface area contributed by atoms with Crippen molar-refractivity contribution < 1.29 is 9.53 Å². The van der Waals surface area contributed by atoms with Gasteiger partial charge in [-0.2, -0.15) is 0 Å². The van der Waals surface area contributed by atoms with Gasteiger partial charge < -0.3 is 10.1 Å². The second-order valence-corrected chi connectivity index (χ2v) is 7.70. The number of benzene rings is 2. The summed E-state index contributed by atoms with van der Waals surface area (Å²) in [5.41, 5.74) is 4.42. The monoisotopic (exact) mass is 426 g/mol. The molecule has 0 aliphatic rings. The molecule has 0 saturated carbocycles. The number of ether oxygens (including phenoxy) is 1. The standard InChI is InChI=1S/C28H30N2O2/c1-22(9-6-10-23-11-8-20-29-21-23)30-28(31)15-7-14-27(24-12-4-3-5-13-24)25-16-18-26(32-2)19-17-25/h3-5,7-8,11-22H,6,9-10H2,1-2H3,(H,30,31)/t22-/m1/s1. The molecule has 0 bridgehead atoms. The second-order valence-electron chi connectivity index (χ2n) is 7.70. The molecule has 1 amide bonds. The number of amides is 1. The van der Waals surface area contributed by atoms with Crippen molar-refractivity contribution in [2.45, 2.75) is 32.2 Å². The maximum absolute atomic E-state index is 12.4. The van der Waals surface area contributed by atoms with E-state index in [4.69, 9.17) is 4.74 Å². The van der Waals surface area contributed by atoms with Crippen LogP contribution in [0.3, 0.4) is 0 Å². The van der Waals surface area contributed by atoms with Crippen molar-refractivity contribution in [3.63, 3.8) is 0 Å². The Kier molecular flexibility index (Phi) is 8.81. The molecule has 3 aromatic rings. The van der Waals surface area contributed by atoms with E-state index < -0.39 is 0 Å². The van der Waals surface area contributed by atoms with Gasteiger partial charge in [-0.25, -0.2) is 0 Å². The molecular weight excluding hydrogens is 396 g/mol. The number of hydrogen-bond donors (Lipinski definition) is 1. The summed E-state index contributed by atoms with van der Waals surface area (Å²) in [6.07, 6.45) is 11.9. The quantitative estimate of drug-likeness (QED) is 0.339. The Labute approximate surface area is 190 Å². The molecule has 0 unspecified atom stereocenters. The van der Waals surface area contributed by atoms with Gasteiger partial charge in [0, 0.05) is 24.5 Å².